The molecule has 0 aliphatic rings. The van der Waals surface area contributed by atoms with Crippen LogP contribution in [0.5, 0.6) is 0 Å². The van der Waals surface area contributed by atoms with Gasteiger partial charge in [0.25, 0.3) is 0 Å². The second kappa shape index (κ2) is 8.46. The molecule has 0 spiro atoms. The van der Waals surface area contributed by atoms with Gasteiger partial charge in [-0.1, -0.05) is 39.2 Å². The zero-order valence-corrected chi connectivity index (χ0v) is 13.4. The Kier molecular flexibility index (Phi) is 7.28. The highest BCUT2D eigenvalue weighted by atomic mass is 32.2. The number of halogens is 1. The van der Waals surface area contributed by atoms with Gasteiger partial charge in [0.05, 0.1) is 11.5 Å². The predicted molar refractivity (Wildman–Crippen MR) is 80.8 cm³/mol. The van der Waals surface area contributed by atoms with Gasteiger partial charge in [0, 0.05) is 6.54 Å². The molecule has 0 saturated heterocycles. The lowest BCUT2D eigenvalue weighted by molar-refractivity contribution is 0.278. The van der Waals surface area contributed by atoms with Crippen molar-refractivity contribution < 1.29 is 17.9 Å². The van der Waals surface area contributed by atoms with E-state index in [1.54, 1.807) is 0 Å². The third kappa shape index (κ3) is 5.37. The first kappa shape index (κ1) is 18.1. The molecule has 0 amide bonds. The minimum Gasteiger partial charge on any atom is -0.392 e. The summed E-state index contributed by atoms with van der Waals surface area (Å²) in [6.07, 6.45) is 3.98. The number of nitrogens with one attached hydrogen (secondary N) is 1. The van der Waals surface area contributed by atoms with Crippen molar-refractivity contribution in [1.29, 1.82) is 0 Å². The van der Waals surface area contributed by atoms with E-state index in [0.29, 0.717) is 6.54 Å². The zero-order chi connectivity index (χ0) is 15.9. The van der Waals surface area contributed by atoms with Gasteiger partial charge in [0.1, 0.15) is 5.82 Å². The van der Waals surface area contributed by atoms with Crippen LogP contribution in [0.15, 0.2) is 23.1 Å². The van der Waals surface area contributed by atoms with Crippen LogP contribution in [0.25, 0.3) is 0 Å². The summed E-state index contributed by atoms with van der Waals surface area (Å²) in [5.41, 5.74) is 0.200. The second-order valence-electron chi connectivity index (χ2n) is 5.18. The first-order valence-corrected chi connectivity index (χ1v) is 8.81. The van der Waals surface area contributed by atoms with Gasteiger partial charge in [-0.3, -0.25) is 0 Å². The zero-order valence-electron chi connectivity index (χ0n) is 12.6. The third-order valence-electron chi connectivity index (χ3n) is 3.59. The quantitative estimate of drug-likeness (QED) is 0.736. The first-order valence-electron chi connectivity index (χ1n) is 7.33. The van der Waals surface area contributed by atoms with Gasteiger partial charge >= 0.3 is 0 Å². The molecule has 120 valence electrons. The summed E-state index contributed by atoms with van der Waals surface area (Å²) in [6.45, 7) is 4.01. The molecule has 1 aromatic rings. The number of aliphatic hydroxyl groups excluding tert-OH is 1. The Bertz CT molecular complexity index is 546. The normalized spacial score (nSPS) is 13.3. The van der Waals surface area contributed by atoms with E-state index in [4.69, 9.17) is 0 Å². The first-order chi connectivity index (χ1) is 9.94. The fourth-order valence-electron chi connectivity index (χ4n) is 2.16. The van der Waals surface area contributed by atoms with Crippen LogP contribution in [0.4, 0.5) is 4.39 Å². The van der Waals surface area contributed by atoms with Crippen LogP contribution < -0.4 is 4.72 Å². The molecule has 1 unspecified atom stereocenters. The summed E-state index contributed by atoms with van der Waals surface area (Å²) in [5, 5.41) is 9.20. The van der Waals surface area contributed by atoms with Gasteiger partial charge in [0.2, 0.25) is 10.0 Å². The van der Waals surface area contributed by atoms with Crippen molar-refractivity contribution in [2.24, 2.45) is 5.92 Å². The molecule has 0 fully saturated rings. The Hall–Kier alpha value is -0.980. The molecule has 0 radical (unpaired) electrons. The van der Waals surface area contributed by atoms with Crippen LogP contribution in [-0.2, 0) is 16.6 Å². The Labute approximate surface area is 126 Å². The van der Waals surface area contributed by atoms with Crippen molar-refractivity contribution >= 4 is 10.0 Å². The van der Waals surface area contributed by atoms with Crippen LogP contribution in [0.2, 0.25) is 0 Å². The number of hydrogen-bond acceptors (Lipinski definition) is 3. The van der Waals surface area contributed by atoms with Crippen LogP contribution in [0, 0.1) is 11.7 Å². The van der Waals surface area contributed by atoms with E-state index >= 15 is 0 Å². The molecular weight excluding hydrogens is 293 g/mol. The van der Waals surface area contributed by atoms with Crippen LogP contribution in [0.3, 0.4) is 0 Å². The highest BCUT2D eigenvalue weighted by Crippen LogP contribution is 2.18. The Balaban J connectivity index is 2.84. The number of rotatable bonds is 9. The van der Waals surface area contributed by atoms with E-state index < -0.39 is 22.4 Å². The third-order valence-corrected chi connectivity index (χ3v) is 5.10. The highest BCUT2D eigenvalue weighted by molar-refractivity contribution is 7.89. The van der Waals surface area contributed by atoms with Gasteiger partial charge in [0.15, 0.2) is 0 Å². The lowest BCUT2D eigenvalue weighted by Gasteiger charge is -2.16. The number of aliphatic hydroxyl groups is 1. The molecule has 1 aromatic carbocycles. The predicted octanol–water partition coefficient (Wildman–Crippen LogP) is 2.81. The molecular formula is C15H24FNO3S. The van der Waals surface area contributed by atoms with Crippen molar-refractivity contribution in [3.8, 4) is 0 Å². The van der Waals surface area contributed by atoms with Crippen molar-refractivity contribution in [2.45, 2.75) is 51.0 Å². The van der Waals surface area contributed by atoms with Crippen molar-refractivity contribution in [3.63, 3.8) is 0 Å². The molecule has 2 N–H and O–H groups in total. The lowest BCUT2D eigenvalue weighted by atomic mass is 10.00. The molecule has 21 heavy (non-hydrogen) atoms. The van der Waals surface area contributed by atoms with E-state index in [-0.39, 0.29) is 16.4 Å². The highest BCUT2D eigenvalue weighted by Gasteiger charge is 2.20. The standard InChI is InChI=1S/C15H24FNO3S/c1-3-5-6-12(4-2)10-17-21(19,20)15-9-14(16)8-7-13(15)11-18/h7-9,12,17-18H,3-6,10-11H2,1-2H3. The minimum absolute atomic E-state index is 0.185. The smallest absolute Gasteiger partial charge is 0.241 e. The maximum atomic E-state index is 13.3. The van der Waals surface area contributed by atoms with Gasteiger partial charge in [-0.05, 0) is 30.0 Å². The number of hydrogen-bond donors (Lipinski definition) is 2. The molecule has 1 atom stereocenters. The fraction of sp³-hybridized carbons (Fsp3) is 0.600. The Morgan fingerprint density at radius 2 is 2.05 bits per heavy atom. The maximum Gasteiger partial charge on any atom is 0.241 e. The van der Waals surface area contributed by atoms with Crippen LogP contribution in [0.1, 0.15) is 45.1 Å². The van der Waals surface area contributed by atoms with Gasteiger partial charge in [-0.15, -0.1) is 0 Å². The largest absolute Gasteiger partial charge is 0.392 e. The fourth-order valence-corrected chi connectivity index (χ4v) is 3.51. The van der Waals surface area contributed by atoms with E-state index in [2.05, 4.69) is 11.6 Å². The molecule has 0 aliphatic heterocycles. The summed E-state index contributed by atoms with van der Waals surface area (Å²) in [5.74, 6) is -0.364. The SMILES string of the molecule is CCCCC(CC)CNS(=O)(=O)c1cc(F)ccc1CO. The molecule has 1 rings (SSSR count). The lowest BCUT2D eigenvalue weighted by Crippen LogP contribution is -2.30. The van der Waals surface area contributed by atoms with Gasteiger partial charge < -0.3 is 5.11 Å². The van der Waals surface area contributed by atoms with E-state index in [0.717, 1.165) is 37.8 Å². The second-order valence-corrected chi connectivity index (χ2v) is 6.91. The average molecular weight is 317 g/mol. The number of benzene rings is 1. The van der Waals surface area contributed by atoms with E-state index in [9.17, 15) is 17.9 Å². The molecule has 0 bridgehead atoms. The molecule has 0 aliphatic carbocycles. The van der Waals surface area contributed by atoms with Crippen molar-refractivity contribution in [1.82, 2.24) is 4.72 Å². The maximum absolute atomic E-state index is 13.3. The molecule has 0 aromatic heterocycles. The topological polar surface area (TPSA) is 66.4 Å². The summed E-state index contributed by atoms with van der Waals surface area (Å²) in [6, 6.07) is 3.37. The Morgan fingerprint density at radius 1 is 1.33 bits per heavy atom. The van der Waals surface area contributed by atoms with Gasteiger partial charge in [-0.2, -0.15) is 0 Å². The van der Waals surface area contributed by atoms with Crippen molar-refractivity contribution in [2.75, 3.05) is 6.54 Å². The number of sulfonamides is 1. The van der Waals surface area contributed by atoms with E-state index in [1.807, 2.05) is 6.92 Å². The summed E-state index contributed by atoms with van der Waals surface area (Å²) in [7, 11) is -3.81. The van der Waals surface area contributed by atoms with E-state index in [1.165, 1.54) is 6.07 Å². The molecule has 0 saturated carbocycles. The Morgan fingerprint density at radius 3 is 2.62 bits per heavy atom. The molecule has 4 nitrogen and oxygen atoms in total. The minimum atomic E-state index is -3.81. The average Bonchev–Trinajstić information content (AvgIpc) is 2.47. The molecule has 6 heteroatoms. The summed E-state index contributed by atoms with van der Waals surface area (Å²) < 4.78 is 40.3. The summed E-state index contributed by atoms with van der Waals surface area (Å²) >= 11 is 0. The van der Waals surface area contributed by atoms with Crippen molar-refractivity contribution in [3.05, 3.63) is 29.6 Å². The van der Waals surface area contributed by atoms with Gasteiger partial charge in [-0.25, -0.2) is 17.5 Å². The van der Waals surface area contributed by atoms with Crippen LogP contribution >= 0.6 is 0 Å². The number of unbranched alkanes of at least 4 members (excludes halogenated alkanes) is 1. The monoisotopic (exact) mass is 317 g/mol. The van der Waals surface area contributed by atoms with Crippen LogP contribution in [-0.4, -0.2) is 20.1 Å². The summed E-state index contributed by atoms with van der Waals surface area (Å²) in [4.78, 5) is -0.185. The molecule has 0 heterocycles.